The molecule has 0 spiro atoms. The minimum Gasteiger partial charge on any atom is -0.439 e. The smallest absolute Gasteiger partial charge is 0.341 e. The summed E-state index contributed by atoms with van der Waals surface area (Å²) in [5.41, 5.74) is 1.15. The summed E-state index contributed by atoms with van der Waals surface area (Å²) >= 11 is 0. The number of anilines is 1. The number of benzene rings is 1. The number of unbranched alkanes of at least 4 members (excludes halogenated alkanes) is 1. The summed E-state index contributed by atoms with van der Waals surface area (Å²) in [5, 5.41) is 8.97. The van der Waals surface area contributed by atoms with Gasteiger partial charge in [-0.1, -0.05) is 19.4 Å². The number of hydrogen-bond donors (Lipinski definition) is 2. The maximum Gasteiger partial charge on any atom is 0.341 e. The number of hydrogen-bond acceptors (Lipinski definition) is 9. The quantitative estimate of drug-likeness (QED) is 0.117. The summed E-state index contributed by atoms with van der Waals surface area (Å²) in [5.74, 6) is -2.34. The lowest BCUT2D eigenvalue weighted by molar-refractivity contribution is -0.220. The Kier molecular flexibility index (Phi) is 8.17. The molecule has 1 fully saturated rings. The van der Waals surface area contributed by atoms with Crippen LogP contribution in [-0.4, -0.2) is 64.7 Å². The molecule has 36 heavy (non-hydrogen) atoms. The van der Waals surface area contributed by atoms with Crippen LogP contribution in [0.3, 0.4) is 0 Å². The van der Waals surface area contributed by atoms with Gasteiger partial charge < -0.3 is 14.5 Å². The minimum absolute atomic E-state index is 0.0353. The van der Waals surface area contributed by atoms with E-state index in [2.05, 4.69) is 11.5 Å². The molecular formula is C23H27N3O9S. The first-order valence-electron chi connectivity index (χ1n) is 11.1. The van der Waals surface area contributed by atoms with E-state index in [0.717, 1.165) is 10.5 Å². The molecule has 1 aromatic carbocycles. The number of amides is 4. The lowest BCUT2D eigenvalue weighted by Gasteiger charge is -2.33. The molecule has 2 aliphatic heterocycles. The van der Waals surface area contributed by atoms with E-state index >= 15 is 0 Å². The number of ether oxygens (including phenoxy) is 1. The van der Waals surface area contributed by atoms with Gasteiger partial charge in [-0.3, -0.25) is 19.0 Å². The highest BCUT2D eigenvalue weighted by molar-refractivity contribution is 7.85. The average molecular weight is 522 g/mol. The Morgan fingerprint density at radius 1 is 1.11 bits per heavy atom. The van der Waals surface area contributed by atoms with Crippen LogP contribution in [0.4, 0.5) is 10.5 Å². The number of carbonyl (C=O) groups excluding carboxylic acids is 3. The van der Waals surface area contributed by atoms with Crippen molar-refractivity contribution in [3.05, 3.63) is 59.8 Å². The highest BCUT2D eigenvalue weighted by atomic mass is 32.2. The van der Waals surface area contributed by atoms with Crippen molar-refractivity contribution in [2.24, 2.45) is 0 Å². The van der Waals surface area contributed by atoms with Crippen LogP contribution in [0.2, 0.25) is 0 Å². The summed E-state index contributed by atoms with van der Waals surface area (Å²) in [4.78, 5) is 45.6. The molecule has 0 unspecified atom stereocenters. The maximum atomic E-state index is 13.0. The summed E-state index contributed by atoms with van der Waals surface area (Å²) in [6, 6.07) is 4.37. The zero-order valence-electron chi connectivity index (χ0n) is 19.8. The van der Waals surface area contributed by atoms with E-state index in [4.69, 9.17) is 14.5 Å². The number of barbiturate groups is 1. The average Bonchev–Trinajstić information content (AvgIpc) is 3.14. The van der Waals surface area contributed by atoms with E-state index < -0.39 is 45.2 Å². The Morgan fingerprint density at radius 3 is 2.44 bits per heavy atom. The van der Waals surface area contributed by atoms with Crippen LogP contribution in [0.15, 0.2) is 54.3 Å². The fraction of sp³-hybridized carbons (Fsp3) is 0.348. The monoisotopic (exact) mass is 521 g/mol. The van der Waals surface area contributed by atoms with E-state index in [1.54, 1.807) is 11.0 Å². The minimum atomic E-state index is -4.17. The highest BCUT2D eigenvalue weighted by Gasteiger charge is 2.44. The Morgan fingerprint density at radius 2 is 1.81 bits per heavy atom. The summed E-state index contributed by atoms with van der Waals surface area (Å²) in [6.45, 7) is 7.26. The van der Waals surface area contributed by atoms with Crippen molar-refractivity contribution in [1.29, 1.82) is 0 Å². The standard InChI is InChI=1S/C23H27N3O9S/c1-4-5-11-25-21(27)17(22(28)26(23(25)29)16(3)35-30)8-10-20-24(12-6-13-36(31,32)33)18-14-15(2)7-9-19(18)34-20/h7-10,14,30H,3-6,11-13H2,1-2H3,(H,31,32,33). The third-order valence-corrected chi connectivity index (χ3v) is 6.29. The van der Waals surface area contributed by atoms with Crippen molar-refractivity contribution in [2.75, 3.05) is 23.7 Å². The molecule has 2 aliphatic rings. The fourth-order valence-electron chi connectivity index (χ4n) is 3.69. The molecule has 1 aromatic rings. The van der Waals surface area contributed by atoms with Crippen LogP contribution in [0.25, 0.3) is 0 Å². The number of aryl methyl sites for hydroxylation is 1. The van der Waals surface area contributed by atoms with Gasteiger partial charge in [0.15, 0.2) is 5.75 Å². The Bertz CT molecular complexity index is 1250. The van der Waals surface area contributed by atoms with Crippen LogP contribution in [0.1, 0.15) is 31.7 Å². The van der Waals surface area contributed by atoms with Gasteiger partial charge in [-0.15, -0.1) is 0 Å². The first-order chi connectivity index (χ1) is 17.0. The van der Waals surface area contributed by atoms with E-state index in [0.29, 0.717) is 29.2 Å². The van der Waals surface area contributed by atoms with Crippen molar-refractivity contribution in [3.63, 3.8) is 0 Å². The first-order valence-corrected chi connectivity index (χ1v) is 12.7. The number of carbonyl (C=O) groups is 3. The molecule has 2 N–H and O–H groups in total. The molecule has 0 radical (unpaired) electrons. The third-order valence-electron chi connectivity index (χ3n) is 5.48. The number of imide groups is 2. The van der Waals surface area contributed by atoms with Crippen molar-refractivity contribution < 1.29 is 42.2 Å². The molecule has 0 aromatic heterocycles. The number of rotatable bonds is 10. The molecule has 2 heterocycles. The maximum absolute atomic E-state index is 13.0. The number of nitrogens with zero attached hydrogens (tertiary/aromatic N) is 3. The summed E-state index contributed by atoms with van der Waals surface area (Å²) < 4.78 is 37.3. The zero-order chi connectivity index (χ0) is 26.6. The Hall–Kier alpha value is -3.68. The van der Waals surface area contributed by atoms with Crippen LogP contribution < -0.4 is 9.64 Å². The van der Waals surface area contributed by atoms with Crippen LogP contribution >= 0.6 is 0 Å². The van der Waals surface area contributed by atoms with Gasteiger partial charge in [0, 0.05) is 13.1 Å². The van der Waals surface area contributed by atoms with E-state index in [-0.39, 0.29) is 25.4 Å². The zero-order valence-corrected chi connectivity index (χ0v) is 20.7. The molecule has 0 bridgehead atoms. The van der Waals surface area contributed by atoms with Gasteiger partial charge in [0.1, 0.15) is 5.57 Å². The lowest BCUT2D eigenvalue weighted by Crippen LogP contribution is -2.56. The largest absolute Gasteiger partial charge is 0.439 e. The molecule has 4 amide bonds. The van der Waals surface area contributed by atoms with E-state index in [1.165, 1.54) is 12.2 Å². The van der Waals surface area contributed by atoms with Gasteiger partial charge in [-0.25, -0.2) is 10.1 Å². The summed E-state index contributed by atoms with van der Waals surface area (Å²) in [7, 11) is -4.17. The highest BCUT2D eigenvalue weighted by Crippen LogP contribution is 2.39. The molecule has 1 saturated heterocycles. The molecule has 0 saturated carbocycles. The van der Waals surface area contributed by atoms with E-state index in [9.17, 15) is 22.8 Å². The van der Waals surface area contributed by atoms with Crippen molar-refractivity contribution >= 4 is 33.7 Å². The van der Waals surface area contributed by atoms with Gasteiger partial charge in [0.05, 0.1) is 11.4 Å². The van der Waals surface area contributed by atoms with Gasteiger partial charge in [-0.05, 0) is 56.2 Å². The first kappa shape index (κ1) is 26.9. The van der Waals surface area contributed by atoms with Gasteiger partial charge in [0.25, 0.3) is 21.9 Å². The molecule has 3 rings (SSSR count). The molecular weight excluding hydrogens is 494 g/mol. The normalized spacial score (nSPS) is 18.2. The lowest BCUT2D eigenvalue weighted by atomic mass is 10.1. The third kappa shape index (κ3) is 5.75. The second kappa shape index (κ2) is 10.9. The number of fused-ring (bicyclic) bond motifs is 1. The second-order valence-electron chi connectivity index (χ2n) is 8.17. The number of allylic oxidation sites excluding steroid dienone is 2. The predicted octanol–water partition coefficient (Wildman–Crippen LogP) is 2.79. The Labute approximate surface area is 208 Å². The van der Waals surface area contributed by atoms with Gasteiger partial charge in [0.2, 0.25) is 11.8 Å². The number of urea groups is 1. The topological polar surface area (TPSA) is 154 Å². The van der Waals surface area contributed by atoms with Gasteiger partial charge >= 0.3 is 6.03 Å². The summed E-state index contributed by atoms with van der Waals surface area (Å²) in [6.07, 6.45) is 3.76. The fourth-order valence-corrected chi connectivity index (χ4v) is 4.19. The molecule has 194 valence electrons. The van der Waals surface area contributed by atoms with Crippen molar-refractivity contribution in [2.45, 2.75) is 33.1 Å². The van der Waals surface area contributed by atoms with E-state index in [1.807, 2.05) is 26.0 Å². The molecule has 13 heteroatoms. The Balaban J connectivity index is 1.99. The van der Waals surface area contributed by atoms with Crippen LogP contribution in [0.5, 0.6) is 5.75 Å². The molecule has 12 nitrogen and oxygen atoms in total. The second-order valence-corrected chi connectivity index (χ2v) is 9.74. The van der Waals surface area contributed by atoms with Crippen LogP contribution in [0, 0.1) is 6.92 Å². The van der Waals surface area contributed by atoms with Crippen LogP contribution in [-0.2, 0) is 24.6 Å². The van der Waals surface area contributed by atoms with Gasteiger partial charge in [-0.2, -0.15) is 13.3 Å². The SMILES string of the molecule is C=C(OO)N1C(=O)C(=CC=C2Oc3ccc(C)cc3N2CCCS(=O)(=O)O)C(=O)N(CCCC)C1=O. The van der Waals surface area contributed by atoms with Crippen molar-refractivity contribution in [1.82, 2.24) is 9.80 Å². The van der Waals surface area contributed by atoms with Crippen molar-refractivity contribution in [3.8, 4) is 5.75 Å². The molecule has 0 aliphatic carbocycles. The predicted molar refractivity (Wildman–Crippen MR) is 128 cm³/mol. The molecule has 0 atom stereocenters.